The van der Waals surface area contributed by atoms with Crippen molar-refractivity contribution < 1.29 is 13.9 Å². The fourth-order valence-electron chi connectivity index (χ4n) is 2.46. The Balaban J connectivity index is 1.78. The van der Waals surface area contributed by atoms with Gasteiger partial charge in [-0.15, -0.1) is 0 Å². The minimum atomic E-state index is -0.600. The van der Waals surface area contributed by atoms with E-state index in [2.05, 4.69) is 5.32 Å². The Labute approximate surface area is 160 Å². The zero-order valence-electron chi connectivity index (χ0n) is 14.4. The number of amides is 1. The molecule has 0 saturated heterocycles. The summed E-state index contributed by atoms with van der Waals surface area (Å²) in [5, 5.41) is 2.98. The number of rotatable bonds is 5. The Hall–Kier alpha value is -3.12. The summed E-state index contributed by atoms with van der Waals surface area (Å²) in [6.45, 7) is 0.121. The van der Waals surface area contributed by atoms with Gasteiger partial charge in [-0.05, 0) is 18.2 Å². The minimum Gasteiger partial charge on any atom is -0.483 e. The van der Waals surface area contributed by atoms with Crippen molar-refractivity contribution in [1.29, 1.82) is 0 Å². The molecule has 0 fully saturated rings. The summed E-state index contributed by atoms with van der Waals surface area (Å²) in [4.78, 5) is 24.7. The molecule has 1 N–H and O–H groups in total. The fourth-order valence-corrected chi connectivity index (χ4v) is 2.65. The lowest BCUT2D eigenvalue weighted by Crippen LogP contribution is -2.22. The average molecular weight is 387 g/mol. The third kappa shape index (κ3) is 4.35. The van der Waals surface area contributed by atoms with Gasteiger partial charge in [0, 0.05) is 23.7 Å². The van der Waals surface area contributed by atoms with Crippen molar-refractivity contribution in [3.8, 4) is 5.75 Å². The van der Waals surface area contributed by atoms with Crippen LogP contribution < -0.4 is 15.5 Å². The van der Waals surface area contributed by atoms with E-state index in [1.807, 2.05) is 6.07 Å². The van der Waals surface area contributed by atoms with Crippen LogP contribution in [0.4, 0.5) is 10.1 Å². The molecule has 0 bridgehead atoms. The van der Waals surface area contributed by atoms with Crippen LogP contribution in [0.5, 0.6) is 5.75 Å². The van der Waals surface area contributed by atoms with Crippen LogP contribution in [0.25, 0.3) is 0 Å². The molecule has 3 aromatic rings. The molecule has 1 amide bonds. The number of hydrogen-bond donors (Lipinski definition) is 1. The normalized spacial score (nSPS) is 10.5. The van der Waals surface area contributed by atoms with Crippen molar-refractivity contribution in [3.63, 3.8) is 0 Å². The molecular weight excluding hydrogens is 371 g/mol. The maximum absolute atomic E-state index is 13.7. The monoisotopic (exact) mass is 386 g/mol. The van der Waals surface area contributed by atoms with Crippen LogP contribution in [0.3, 0.4) is 0 Å². The Morgan fingerprint density at radius 2 is 1.89 bits per heavy atom. The number of nitrogens with one attached hydrogen (secondary N) is 1. The Bertz CT molecular complexity index is 1050. The van der Waals surface area contributed by atoms with Gasteiger partial charge in [0.15, 0.2) is 5.75 Å². The van der Waals surface area contributed by atoms with Crippen LogP contribution in [-0.4, -0.2) is 10.5 Å². The van der Waals surface area contributed by atoms with E-state index in [0.29, 0.717) is 5.02 Å². The van der Waals surface area contributed by atoms with Gasteiger partial charge in [-0.25, -0.2) is 4.39 Å². The molecule has 0 unspecified atom stereocenters. The number of halogens is 2. The molecule has 7 heteroatoms. The van der Waals surface area contributed by atoms with Crippen molar-refractivity contribution in [1.82, 2.24) is 4.57 Å². The van der Waals surface area contributed by atoms with Gasteiger partial charge in [-0.2, -0.15) is 0 Å². The minimum absolute atomic E-state index is 0.0361. The van der Waals surface area contributed by atoms with Crippen molar-refractivity contribution >= 4 is 23.2 Å². The number of aryl methyl sites for hydroxylation is 1. The van der Waals surface area contributed by atoms with E-state index in [1.165, 1.54) is 29.0 Å². The van der Waals surface area contributed by atoms with E-state index in [0.717, 1.165) is 11.6 Å². The number of anilines is 1. The van der Waals surface area contributed by atoms with Crippen LogP contribution in [0, 0.1) is 5.82 Å². The fraction of sp³-hybridized carbons (Fsp3) is 0.100. The molecule has 2 aromatic carbocycles. The SMILES string of the molecule is Cn1cc(OCc2ccccc2Cl)c(=O)cc1C(=O)Nc1ccccc1F. The van der Waals surface area contributed by atoms with Gasteiger partial charge in [0.2, 0.25) is 5.43 Å². The van der Waals surface area contributed by atoms with E-state index >= 15 is 0 Å². The Kier molecular flexibility index (Phi) is 5.57. The number of nitrogens with zero attached hydrogens (tertiary/aromatic N) is 1. The van der Waals surface area contributed by atoms with E-state index in [4.69, 9.17) is 16.3 Å². The zero-order chi connectivity index (χ0) is 19.4. The number of ether oxygens (including phenoxy) is 1. The lowest BCUT2D eigenvalue weighted by molar-refractivity contribution is 0.101. The van der Waals surface area contributed by atoms with Gasteiger partial charge in [-0.1, -0.05) is 41.9 Å². The molecule has 0 spiro atoms. The standard InChI is InChI=1S/C20H16ClFN2O3/c1-24-11-19(27-12-13-6-2-3-7-14(13)21)18(25)10-17(24)20(26)23-16-9-5-4-8-15(16)22/h2-11H,12H2,1H3,(H,23,26). The molecule has 0 radical (unpaired) electrons. The molecule has 1 heterocycles. The first-order chi connectivity index (χ1) is 13.0. The van der Waals surface area contributed by atoms with E-state index in [-0.39, 0.29) is 23.7 Å². The molecule has 0 aliphatic heterocycles. The molecule has 1 aromatic heterocycles. The highest BCUT2D eigenvalue weighted by Gasteiger charge is 2.14. The van der Waals surface area contributed by atoms with Gasteiger partial charge < -0.3 is 14.6 Å². The van der Waals surface area contributed by atoms with E-state index in [9.17, 15) is 14.0 Å². The highest BCUT2D eigenvalue weighted by atomic mass is 35.5. The van der Waals surface area contributed by atoms with Gasteiger partial charge in [0.05, 0.1) is 11.9 Å². The first kappa shape index (κ1) is 18.7. The number of carbonyl (C=O) groups is 1. The molecule has 27 heavy (non-hydrogen) atoms. The predicted octanol–water partition coefficient (Wildman–Crippen LogP) is 4.01. The van der Waals surface area contributed by atoms with Gasteiger partial charge in [-0.3, -0.25) is 9.59 Å². The Morgan fingerprint density at radius 3 is 2.63 bits per heavy atom. The largest absolute Gasteiger partial charge is 0.483 e. The van der Waals surface area contributed by atoms with Crippen molar-refractivity contribution in [3.05, 3.63) is 93.1 Å². The predicted molar refractivity (Wildman–Crippen MR) is 102 cm³/mol. The summed E-state index contributed by atoms with van der Waals surface area (Å²) in [7, 11) is 1.60. The number of hydrogen-bond acceptors (Lipinski definition) is 3. The number of carbonyl (C=O) groups excluding carboxylic acids is 1. The molecule has 138 valence electrons. The van der Waals surface area contributed by atoms with Crippen molar-refractivity contribution in [2.45, 2.75) is 6.61 Å². The summed E-state index contributed by atoms with van der Waals surface area (Å²) < 4.78 is 20.7. The summed E-state index contributed by atoms with van der Waals surface area (Å²) in [6.07, 6.45) is 1.41. The van der Waals surface area contributed by atoms with E-state index < -0.39 is 17.2 Å². The van der Waals surface area contributed by atoms with Crippen LogP contribution in [0.2, 0.25) is 5.02 Å². The maximum atomic E-state index is 13.7. The highest BCUT2D eigenvalue weighted by molar-refractivity contribution is 6.31. The summed E-state index contributed by atoms with van der Waals surface area (Å²) >= 11 is 6.07. The lowest BCUT2D eigenvalue weighted by Gasteiger charge is -2.12. The lowest BCUT2D eigenvalue weighted by atomic mass is 10.2. The second kappa shape index (κ2) is 8.05. The molecule has 5 nitrogen and oxygen atoms in total. The second-order valence-electron chi connectivity index (χ2n) is 5.81. The first-order valence-electron chi connectivity index (χ1n) is 8.08. The maximum Gasteiger partial charge on any atom is 0.272 e. The quantitative estimate of drug-likeness (QED) is 0.720. The first-order valence-corrected chi connectivity index (χ1v) is 8.46. The van der Waals surface area contributed by atoms with Crippen LogP contribution >= 0.6 is 11.6 Å². The van der Waals surface area contributed by atoms with Crippen LogP contribution in [-0.2, 0) is 13.7 Å². The van der Waals surface area contributed by atoms with Gasteiger partial charge >= 0.3 is 0 Å². The van der Waals surface area contributed by atoms with Crippen molar-refractivity contribution in [2.75, 3.05) is 5.32 Å². The van der Waals surface area contributed by atoms with Crippen LogP contribution in [0.15, 0.2) is 65.6 Å². The molecule has 0 aliphatic rings. The number of pyridine rings is 1. The number of para-hydroxylation sites is 1. The van der Waals surface area contributed by atoms with E-state index in [1.54, 1.807) is 31.3 Å². The molecular formula is C20H16ClFN2O3. The Morgan fingerprint density at radius 1 is 1.19 bits per heavy atom. The number of aromatic nitrogens is 1. The smallest absolute Gasteiger partial charge is 0.272 e. The van der Waals surface area contributed by atoms with Gasteiger partial charge in [0.1, 0.15) is 18.1 Å². The average Bonchev–Trinajstić information content (AvgIpc) is 2.65. The highest BCUT2D eigenvalue weighted by Crippen LogP contribution is 2.18. The van der Waals surface area contributed by atoms with Crippen molar-refractivity contribution in [2.24, 2.45) is 7.05 Å². The summed E-state index contributed by atoms with van der Waals surface area (Å²) in [5.41, 5.74) is 0.392. The topological polar surface area (TPSA) is 60.3 Å². The number of benzene rings is 2. The molecule has 3 rings (SSSR count). The summed E-state index contributed by atoms with van der Waals surface area (Å²) in [5.74, 6) is -1.08. The molecule has 0 atom stereocenters. The second-order valence-corrected chi connectivity index (χ2v) is 6.22. The molecule has 0 saturated carbocycles. The third-order valence-corrected chi connectivity index (χ3v) is 4.27. The van der Waals surface area contributed by atoms with Crippen LogP contribution in [0.1, 0.15) is 16.1 Å². The third-order valence-electron chi connectivity index (χ3n) is 3.90. The zero-order valence-corrected chi connectivity index (χ0v) is 15.2. The van der Waals surface area contributed by atoms with Gasteiger partial charge in [0.25, 0.3) is 5.91 Å². The molecule has 0 aliphatic carbocycles. The summed E-state index contributed by atoms with van der Waals surface area (Å²) in [6, 6.07) is 14.1.